The van der Waals surface area contributed by atoms with Gasteiger partial charge in [-0.2, -0.15) is 4.72 Å². The lowest BCUT2D eigenvalue weighted by atomic mass is 10.1. The SMILES string of the molecule is O=c1cc[nH]cc1S(=O)(=O)NC(CO)(CO)CO. The van der Waals surface area contributed by atoms with E-state index in [1.165, 1.54) is 6.20 Å². The zero-order valence-corrected chi connectivity index (χ0v) is 10.1. The van der Waals surface area contributed by atoms with Crippen molar-refractivity contribution in [2.75, 3.05) is 19.8 Å². The van der Waals surface area contributed by atoms with Gasteiger partial charge in [0, 0.05) is 18.5 Å². The Kier molecular flexibility index (Phi) is 4.59. The molecule has 0 aromatic carbocycles. The number of sulfonamides is 1. The van der Waals surface area contributed by atoms with E-state index in [1.807, 2.05) is 4.72 Å². The van der Waals surface area contributed by atoms with Crippen LogP contribution in [-0.2, 0) is 10.0 Å². The first-order valence-electron chi connectivity index (χ1n) is 4.94. The maximum absolute atomic E-state index is 11.9. The minimum Gasteiger partial charge on any atom is -0.394 e. The summed E-state index contributed by atoms with van der Waals surface area (Å²) in [5.41, 5.74) is -2.56. The second kappa shape index (κ2) is 5.59. The van der Waals surface area contributed by atoms with Crippen molar-refractivity contribution in [1.29, 1.82) is 0 Å². The summed E-state index contributed by atoms with van der Waals surface area (Å²) in [5, 5.41) is 27.1. The van der Waals surface area contributed by atoms with Crippen LogP contribution in [0.4, 0.5) is 0 Å². The fraction of sp³-hybridized carbons (Fsp3) is 0.444. The summed E-state index contributed by atoms with van der Waals surface area (Å²) < 4.78 is 25.7. The second-order valence-corrected chi connectivity index (χ2v) is 5.38. The Morgan fingerprint density at radius 2 is 1.78 bits per heavy atom. The highest BCUT2D eigenvalue weighted by Crippen LogP contribution is 2.09. The van der Waals surface area contributed by atoms with Gasteiger partial charge in [-0.1, -0.05) is 0 Å². The molecule has 0 radical (unpaired) electrons. The summed E-state index contributed by atoms with van der Waals surface area (Å²) in [5.74, 6) is 0. The molecule has 0 amide bonds. The number of rotatable bonds is 6. The lowest BCUT2D eigenvalue weighted by Crippen LogP contribution is -2.57. The predicted octanol–water partition coefficient (Wildman–Crippen LogP) is -2.63. The summed E-state index contributed by atoms with van der Waals surface area (Å²) in [6, 6.07) is 1.02. The normalized spacial score (nSPS) is 12.6. The highest BCUT2D eigenvalue weighted by atomic mass is 32.2. The van der Waals surface area contributed by atoms with Crippen molar-refractivity contribution in [1.82, 2.24) is 9.71 Å². The van der Waals surface area contributed by atoms with Crippen LogP contribution in [0.3, 0.4) is 0 Å². The van der Waals surface area contributed by atoms with E-state index in [1.54, 1.807) is 0 Å². The number of aliphatic hydroxyl groups is 3. The van der Waals surface area contributed by atoms with Crippen LogP contribution < -0.4 is 10.2 Å². The van der Waals surface area contributed by atoms with Crippen molar-refractivity contribution >= 4 is 10.0 Å². The molecule has 0 atom stereocenters. The number of aromatic amines is 1. The molecular weight excluding hydrogens is 264 g/mol. The van der Waals surface area contributed by atoms with Gasteiger partial charge >= 0.3 is 0 Å². The van der Waals surface area contributed by atoms with Crippen LogP contribution in [0.5, 0.6) is 0 Å². The quantitative estimate of drug-likeness (QED) is 0.385. The Balaban J connectivity index is 3.17. The summed E-state index contributed by atoms with van der Waals surface area (Å²) >= 11 is 0. The molecule has 1 aromatic heterocycles. The van der Waals surface area contributed by atoms with Gasteiger partial charge in [0.15, 0.2) is 0 Å². The largest absolute Gasteiger partial charge is 0.394 e. The van der Waals surface area contributed by atoms with Gasteiger partial charge in [0.25, 0.3) is 0 Å². The molecule has 9 heteroatoms. The van der Waals surface area contributed by atoms with Crippen molar-refractivity contribution in [2.45, 2.75) is 10.4 Å². The molecule has 0 bridgehead atoms. The van der Waals surface area contributed by atoms with Crippen molar-refractivity contribution in [2.24, 2.45) is 0 Å². The molecular formula is C9H14N2O6S. The van der Waals surface area contributed by atoms with Crippen LogP contribution >= 0.6 is 0 Å². The lowest BCUT2D eigenvalue weighted by Gasteiger charge is -2.27. The van der Waals surface area contributed by atoms with Gasteiger partial charge in [-0.25, -0.2) is 8.42 Å². The number of hydrogen-bond acceptors (Lipinski definition) is 6. The molecule has 0 spiro atoms. The minimum atomic E-state index is -4.26. The number of nitrogens with one attached hydrogen (secondary N) is 2. The maximum Gasteiger partial charge on any atom is 0.246 e. The molecule has 1 aromatic rings. The fourth-order valence-electron chi connectivity index (χ4n) is 1.20. The number of pyridine rings is 1. The van der Waals surface area contributed by atoms with Gasteiger partial charge in [0.05, 0.1) is 19.8 Å². The third-order valence-electron chi connectivity index (χ3n) is 2.34. The molecule has 1 rings (SSSR count). The molecule has 102 valence electrons. The van der Waals surface area contributed by atoms with E-state index in [0.29, 0.717) is 0 Å². The van der Waals surface area contributed by atoms with Gasteiger partial charge in [-0.15, -0.1) is 0 Å². The van der Waals surface area contributed by atoms with Gasteiger partial charge in [0.1, 0.15) is 10.4 Å². The van der Waals surface area contributed by atoms with Crippen LogP contribution in [0.2, 0.25) is 0 Å². The van der Waals surface area contributed by atoms with Crippen LogP contribution in [-0.4, -0.2) is 54.1 Å². The molecule has 1 heterocycles. The fourth-order valence-corrected chi connectivity index (χ4v) is 2.63. The van der Waals surface area contributed by atoms with Crippen molar-refractivity contribution < 1.29 is 23.7 Å². The van der Waals surface area contributed by atoms with Crippen LogP contribution in [0.25, 0.3) is 0 Å². The Labute approximate surface area is 103 Å². The average molecular weight is 278 g/mol. The molecule has 0 fully saturated rings. The standard InChI is InChI=1S/C9H14N2O6S/c12-4-9(5-13,6-14)11-18(16,17)8-3-10-2-1-7(8)15/h1-3,11-14H,4-6H2,(H,10,15). The molecule has 0 saturated carbocycles. The molecule has 8 nitrogen and oxygen atoms in total. The molecule has 0 aliphatic carbocycles. The van der Waals surface area contributed by atoms with Crippen LogP contribution in [0.1, 0.15) is 0 Å². The highest BCUT2D eigenvalue weighted by molar-refractivity contribution is 7.89. The molecule has 5 N–H and O–H groups in total. The molecule has 0 aliphatic heterocycles. The van der Waals surface area contributed by atoms with E-state index in [0.717, 1.165) is 12.3 Å². The monoisotopic (exact) mass is 278 g/mol. The first-order valence-corrected chi connectivity index (χ1v) is 6.43. The zero-order chi connectivity index (χ0) is 13.8. The zero-order valence-electron chi connectivity index (χ0n) is 9.33. The number of aliphatic hydroxyl groups excluding tert-OH is 3. The van der Waals surface area contributed by atoms with E-state index in [9.17, 15) is 13.2 Å². The van der Waals surface area contributed by atoms with Gasteiger partial charge in [0.2, 0.25) is 15.5 Å². The van der Waals surface area contributed by atoms with E-state index < -0.39 is 45.7 Å². The number of aromatic nitrogens is 1. The van der Waals surface area contributed by atoms with Gasteiger partial charge < -0.3 is 20.3 Å². The summed E-state index contributed by atoms with van der Waals surface area (Å²) in [6.07, 6.45) is 2.24. The van der Waals surface area contributed by atoms with E-state index in [-0.39, 0.29) is 0 Å². The Morgan fingerprint density at radius 3 is 2.22 bits per heavy atom. The molecule has 18 heavy (non-hydrogen) atoms. The maximum atomic E-state index is 11.9. The van der Waals surface area contributed by atoms with E-state index in [4.69, 9.17) is 15.3 Å². The second-order valence-electron chi connectivity index (χ2n) is 3.73. The first kappa shape index (κ1) is 14.8. The number of H-pyrrole nitrogens is 1. The smallest absolute Gasteiger partial charge is 0.246 e. The van der Waals surface area contributed by atoms with Crippen molar-refractivity contribution in [3.05, 3.63) is 28.7 Å². The molecule has 0 unspecified atom stereocenters. The van der Waals surface area contributed by atoms with Crippen LogP contribution in [0, 0.1) is 0 Å². The topological polar surface area (TPSA) is 140 Å². The Bertz CT molecular complexity index is 540. The third kappa shape index (κ3) is 2.94. The Morgan fingerprint density at radius 1 is 1.22 bits per heavy atom. The van der Waals surface area contributed by atoms with Gasteiger partial charge in [-0.05, 0) is 0 Å². The van der Waals surface area contributed by atoms with Crippen molar-refractivity contribution in [3.63, 3.8) is 0 Å². The van der Waals surface area contributed by atoms with Crippen LogP contribution in [0.15, 0.2) is 28.2 Å². The molecule has 0 aliphatic rings. The summed E-state index contributed by atoms with van der Waals surface area (Å²) in [4.78, 5) is 13.3. The molecule has 0 saturated heterocycles. The minimum absolute atomic E-state index is 0.565. The van der Waals surface area contributed by atoms with Crippen molar-refractivity contribution in [3.8, 4) is 0 Å². The van der Waals surface area contributed by atoms with E-state index in [2.05, 4.69) is 4.98 Å². The first-order chi connectivity index (χ1) is 8.40. The lowest BCUT2D eigenvalue weighted by molar-refractivity contribution is 0.0581. The summed E-state index contributed by atoms with van der Waals surface area (Å²) in [6.45, 7) is -2.45. The van der Waals surface area contributed by atoms with E-state index >= 15 is 0 Å². The summed E-state index contributed by atoms with van der Waals surface area (Å²) in [7, 11) is -4.26. The highest BCUT2D eigenvalue weighted by Gasteiger charge is 2.34. The Hall–Kier alpha value is -1.26. The number of hydrogen-bond donors (Lipinski definition) is 5. The third-order valence-corrected chi connectivity index (χ3v) is 3.94. The predicted molar refractivity (Wildman–Crippen MR) is 61.4 cm³/mol. The van der Waals surface area contributed by atoms with Gasteiger partial charge in [-0.3, -0.25) is 4.79 Å². The average Bonchev–Trinajstić information content (AvgIpc) is 2.36.